The van der Waals surface area contributed by atoms with Crippen LogP contribution >= 0.6 is 11.3 Å². The number of anilines is 1. The molecule has 0 aliphatic heterocycles. The highest BCUT2D eigenvalue weighted by Crippen LogP contribution is 2.39. The topological polar surface area (TPSA) is 92.9 Å². The zero-order valence-corrected chi connectivity index (χ0v) is 21.2. The molecule has 0 aliphatic carbocycles. The Kier molecular flexibility index (Phi) is 8.93. The third-order valence-electron chi connectivity index (χ3n) is 5.34. The lowest BCUT2D eigenvalue weighted by Gasteiger charge is -2.11. The summed E-state index contributed by atoms with van der Waals surface area (Å²) in [7, 11) is 1.67. The summed E-state index contributed by atoms with van der Waals surface area (Å²) in [6.07, 6.45) is -0.829. The Morgan fingerprint density at radius 2 is 1.92 bits per heavy atom. The fourth-order valence-corrected chi connectivity index (χ4v) is 4.43. The highest BCUT2D eigenvalue weighted by Gasteiger charge is 2.38. The smallest absolute Gasteiger partial charge is 0.490 e. The van der Waals surface area contributed by atoms with E-state index in [1.807, 2.05) is 48.0 Å². The van der Waals surface area contributed by atoms with Crippen LogP contribution in [0, 0.1) is 0 Å². The second-order valence-electron chi connectivity index (χ2n) is 7.99. The van der Waals surface area contributed by atoms with Crippen LogP contribution in [0.2, 0.25) is 0 Å². The van der Waals surface area contributed by atoms with Crippen molar-refractivity contribution in [3.8, 4) is 27.4 Å². The van der Waals surface area contributed by atoms with Crippen molar-refractivity contribution in [2.45, 2.75) is 32.9 Å². The van der Waals surface area contributed by atoms with Crippen LogP contribution in [-0.2, 0) is 4.79 Å². The van der Waals surface area contributed by atoms with Crippen LogP contribution in [0.3, 0.4) is 0 Å². The number of imidazole rings is 1. The van der Waals surface area contributed by atoms with Gasteiger partial charge in [-0.25, -0.2) is 9.78 Å². The molecule has 0 unspecified atom stereocenters. The van der Waals surface area contributed by atoms with E-state index in [9.17, 15) is 18.0 Å². The number of carboxylic acids is 1. The Labute approximate surface area is 215 Å². The Balaban J connectivity index is 0.000000479. The number of methoxy groups -OCH3 is 1. The molecule has 0 atom stereocenters. The summed E-state index contributed by atoms with van der Waals surface area (Å²) >= 11 is 1.55. The van der Waals surface area contributed by atoms with Gasteiger partial charge in [-0.15, -0.1) is 11.3 Å². The van der Waals surface area contributed by atoms with Crippen molar-refractivity contribution in [2.75, 3.05) is 19.0 Å². The molecule has 11 heteroatoms. The molecule has 0 fully saturated rings. The van der Waals surface area contributed by atoms with Gasteiger partial charge in [-0.05, 0) is 43.7 Å². The number of fused-ring (bicyclic) bond motifs is 1. The van der Waals surface area contributed by atoms with Crippen LogP contribution in [0.4, 0.5) is 19.0 Å². The molecule has 3 aromatic heterocycles. The molecule has 0 aliphatic rings. The number of aliphatic carboxylic acids is 1. The summed E-state index contributed by atoms with van der Waals surface area (Å²) in [6.45, 7) is 4.66. The number of carboxylic acid groups (broad SMARTS) is 1. The maximum atomic E-state index is 11.7. The Morgan fingerprint density at radius 3 is 2.51 bits per heavy atom. The quantitative estimate of drug-likeness (QED) is 0.191. The van der Waals surface area contributed by atoms with E-state index in [0.29, 0.717) is 0 Å². The third kappa shape index (κ3) is 6.67. The largest absolute Gasteiger partial charge is 0.496 e. The number of alkyl halides is 3. The number of ether oxygens (including phenoxy) is 1. The predicted octanol–water partition coefficient (Wildman–Crippen LogP) is 6.79. The summed E-state index contributed by atoms with van der Waals surface area (Å²) in [5.41, 5.74) is 4.49. The lowest BCUT2D eigenvalue weighted by atomic mass is 10.1. The van der Waals surface area contributed by atoms with Gasteiger partial charge < -0.3 is 15.2 Å². The van der Waals surface area contributed by atoms with Crippen LogP contribution in [-0.4, -0.2) is 46.1 Å². The van der Waals surface area contributed by atoms with Gasteiger partial charge in [0.2, 0.25) is 0 Å². The van der Waals surface area contributed by atoms with E-state index in [1.54, 1.807) is 25.4 Å². The molecule has 3 heterocycles. The molecule has 37 heavy (non-hydrogen) atoms. The highest BCUT2D eigenvalue weighted by molar-refractivity contribution is 7.13. The molecular formula is C26H26F3N3O4S. The van der Waals surface area contributed by atoms with Gasteiger partial charge >= 0.3 is 12.1 Å². The predicted molar refractivity (Wildman–Crippen MR) is 138 cm³/mol. The minimum absolute atomic E-state index is 0.0700. The first-order chi connectivity index (χ1) is 17.6. The van der Waals surface area contributed by atoms with E-state index in [0.717, 1.165) is 63.9 Å². The minimum atomic E-state index is -5.08. The van der Waals surface area contributed by atoms with Crippen LogP contribution < -0.4 is 10.1 Å². The first kappa shape index (κ1) is 27.7. The lowest BCUT2D eigenvalue weighted by molar-refractivity contribution is -0.192. The van der Waals surface area contributed by atoms with Crippen molar-refractivity contribution in [3.63, 3.8) is 0 Å². The Bertz CT molecular complexity index is 1400. The number of carbonyl (C=O) groups excluding carboxylic acids is 1. The minimum Gasteiger partial charge on any atom is -0.496 e. The lowest BCUT2D eigenvalue weighted by Crippen LogP contribution is -2.21. The average Bonchev–Trinajstić information content (AvgIpc) is 3.49. The highest BCUT2D eigenvalue weighted by atomic mass is 32.1. The number of hydrogen-bond donors (Lipinski definition) is 2. The zero-order chi connectivity index (χ0) is 27.2. The first-order valence-corrected chi connectivity index (χ1v) is 12.2. The van der Waals surface area contributed by atoms with E-state index in [-0.39, 0.29) is 5.78 Å². The molecule has 196 valence electrons. The van der Waals surface area contributed by atoms with Gasteiger partial charge in [0, 0.05) is 39.7 Å². The van der Waals surface area contributed by atoms with Gasteiger partial charge in [0.1, 0.15) is 22.9 Å². The molecule has 0 saturated heterocycles. The number of hydrogen-bond acceptors (Lipinski definition) is 6. The van der Waals surface area contributed by atoms with Crippen LogP contribution in [0.5, 0.6) is 5.75 Å². The van der Waals surface area contributed by atoms with Crippen molar-refractivity contribution in [1.29, 1.82) is 0 Å². The number of nitrogens with zero attached hydrogens (tertiary/aromatic N) is 2. The summed E-state index contributed by atoms with van der Waals surface area (Å²) in [5.74, 6) is -0.932. The number of unbranched alkanes of at least 4 members (excludes halogenated alkanes) is 1. The monoisotopic (exact) mass is 533 g/mol. The summed E-state index contributed by atoms with van der Waals surface area (Å²) in [5, 5.41) is 12.6. The first-order valence-electron chi connectivity index (χ1n) is 11.4. The van der Waals surface area contributed by atoms with Gasteiger partial charge in [-0.2, -0.15) is 13.2 Å². The van der Waals surface area contributed by atoms with Gasteiger partial charge in [-0.3, -0.25) is 9.20 Å². The molecule has 0 spiro atoms. The maximum Gasteiger partial charge on any atom is 0.490 e. The number of halogens is 3. The molecule has 4 aromatic rings. The number of ketones is 1. The number of carbonyl (C=O) groups is 2. The van der Waals surface area contributed by atoms with Gasteiger partial charge in [0.15, 0.2) is 5.78 Å². The average molecular weight is 534 g/mol. The number of pyridine rings is 1. The number of aromatic nitrogens is 2. The number of thiophene rings is 1. The molecule has 0 saturated carbocycles. The van der Waals surface area contributed by atoms with Crippen molar-refractivity contribution in [3.05, 3.63) is 59.6 Å². The van der Waals surface area contributed by atoms with E-state index in [1.165, 1.54) is 0 Å². The van der Waals surface area contributed by atoms with E-state index >= 15 is 0 Å². The second-order valence-corrected chi connectivity index (χ2v) is 8.90. The molecule has 0 amide bonds. The van der Waals surface area contributed by atoms with Crippen molar-refractivity contribution < 1.29 is 32.6 Å². The van der Waals surface area contributed by atoms with E-state index in [4.69, 9.17) is 19.6 Å². The van der Waals surface area contributed by atoms with Gasteiger partial charge in [-0.1, -0.05) is 25.5 Å². The fourth-order valence-electron chi connectivity index (χ4n) is 3.45. The van der Waals surface area contributed by atoms with Crippen molar-refractivity contribution in [2.24, 2.45) is 0 Å². The van der Waals surface area contributed by atoms with Gasteiger partial charge in [0.25, 0.3) is 0 Å². The van der Waals surface area contributed by atoms with Crippen molar-refractivity contribution >= 4 is 34.6 Å². The van der Waals surface area contributed by atoms with Crippen molar-refractivity contribution in [1.82, 2.24) is 9.38 Å². The molecule has 4 rings (SSSR count). The van der Waals surface area contributed by atoms with E-state index in [2.05, 4.69) is 22.7 Å². The standard InChI is InChI=1S/C24H25N3O2S.C2HF3O2/c1-4-5-11-25-24-23(26-22-8-6-7-12-27(22)24)17-9-10-19(20(13-17)29-3)21-14-18(15-30-21)16(2)28;3-2(4,5)1(6)7/h6-10,12-15,25H,4-5,11H2,1-3H3;(H,6,7). The van der Waals surface area contributed by atoms with Crippen LogP contribution in [0.15, 0.2) is 54.0 Å². The maximum absolute atomic E-state index is 11.7. The number of nitrogens with one attached hydrogen (secondary N) is 1. The summed E-state index contributed by atoms with van der Waals surface area (Å²) in [4.78, 5) is 26.5. The molecule has 0 radical (unpaired) electrons. The molecule has 2 N–H and O–H groups in total. The molecule has 0 bridgehead atoms. The van der Waals surface area contributed by atoms with Crippen LogP contribution in [0.25, 0.3) is 27.3 Å². The Morgan fingerprint density at radius 1 is 1.19 bits per heavy atom. The summed E-state index contributed by atoms with van der Waals surface area (Å²) in [6, 6.07) is 14.1. The SMILES string of the molecule is CCCCNc1c(-c2ccc(-c3cc(C(C)=O)cs3)c(OC)c2)nc2ccccn12.O=C(O)C(F)(F)F. The van der Waals surface area contributed by atoms with Crippen LogP contribution in [0.1, 0.15) is 37.0 Å². The number of benzene rings is 1. The number of Topliss-reactive ketones (excluding diaryl/α,β-unsaturated/α-hetero) is 1. The van der Waals surface area contributed by atoms with Gasteiger partial charge in [0.05, 0.1) is 7.11 Å². The number of rotatable bonds is 8. The molecule has 7 nitrogen and oxygen atoms in total. The van der Waals surface area contributed by atoms with E-state index < -0.39 is 12.1 Å². The molecular weight excluding hydrogens is 507 g/mol. The fraction of sp³-hybridized carbons (Fsp3) is 0.269. The second kappa shape index (κ2) is 11.9. The summed E-state index contributed by atoms with van der Waals surface area (Å²) < 4.78 is 39.5. The normalized spacial score (nSPS) is 11.1. The third-order valence-corrected chi connectivity index (χ3v) is 6.31. The molecule has 1 aromatic carbocycles. The Hall–Kier alpha value is -3.86. The zero-order valence-electron chi connectivity index (χ0n) is 20.4.